The fraction of sp³-hybridized carbons (Fsp3) is 0.538. The van der Waals surface area contributed by atoms with Crippen LogP contribution in [0.25, 0.3) is 0 Å². The minimum atomic E-state index is -0.981. The fourth-order valence-corrected chi connectivity index (χ4v) is 0.919. The molecular formula is C13H22O4. The zero-order chi connectivity index (χ0) is 13.7. The third kappa shape index (κ3) is 17.1. The topological polar surface area (TPSA) is 63.6 Å². The van der Waals surface area contributed by atoms with E-state index in [4.69, 9.17) is 9.84 Å². The number of ether oxygens (including phenoxy) is 1. The molecule has 0 amide bonds. The third-order valence-corrected chi connectivity index (χ3v) is 1.90. The first-order chi connectivity index (χ1) is 7.97. The summed E-state index contributed by atoms with van der Waals surface area (Å²) in [7, 11) is 0. The fourth-order valence-electron chi connectivity index (χ4n) is 0.919. The SMILES string of the molecule is C=CC(=O)O.C=CC(=O)OCC(C)CCCC. The van der Waals surface area contributed by atoms with Crippen molar-refractivity contribution in [3.8, 4) is 0 Å². The van der Waals surface area contributed by atoms with E-state index in [1.165, 1.54) is 18.9 Å². The molecule has 0 fully saturated rings. The second-order valence-corrected chi connectivity index (χ2v) is 3.62. The van der Waals surface area contributed by atoms with E-state index >= 15 is 0 Å². The van der Waals surface area contributed by atoms with Crippen molar-refractivity contribution in [2.24, 2.45) is 5.92 Å². The van der Waals surface area contributed by atoms with Crippen LogP contribution in [0.4, 0.5) is 0 Å². The van der Waals surface area contributed by atoms with Gasteiger partial charge in [-0.15, -0.1) is 0 Å². The summed E-state index contributed by atoms with van der Waals surface area (Å²) in [5.41, 5.74) is 0. The molecule has 98 valence electrons. The Labute approximate surface area is 103 Å². The number of carbonyl (C=O) groups excluding carboxylic acids is 1. The van der Waals surface area contributed by atoms with Gasteiger partial charge in [0.2, 0.25) is 0 Å². The summed E-state index contributed by atoms with van der Waals surface area (Å²) >= 11 is 0. The van der Waals surface area contributed by atoms with E-state index in [1.807, 2.05) is 0 Å². The van der Waals surface area contributed by atoms with Crippen LogP contribution >= 0.6 is 0 Å². The molecule has 0 saturated carbocycles. The van der Waals surface area contributed by atoms with Crippen LogP contribution in [0.15, 0.2) is 25.3 Å². The lowest BCUT2D eigenvalue weighted by atomic mass is 10.1. The average molecular weight is 242 g/mol. The van der Waals surface area contributed by atoms with Gasteiger partial charge in [0.25, 0.3) is 0 Å². The van der Waals surface area contributed by atoms with Crippen LogP contribution in [-0.2, 0) is 14.3 Å². The molecule has 4 heteroatoms. The van der Waals surface area contributed by atoms with E-state index in [0.29, 0.717) is 12.5 Å². The van der Waals surface area contributed by atoms with Crippen molar-refractivity contribution >= 4 is 11.9 Å². The minimum absolute atomic E-state index is 0.321. The molecule has 0 aromatic heterocycles. The Bertz CT molecular complexity index is 246. The molecule has 0 spiro atoms. The number of hydrogen-bond donors (Lipinski definition) is 1. The number of aliphatic carboxylic acids is 1. The Morgan fingerprint density at radius 2 is 1.88 bits per heavy atom. The molecule has 0 bridgehead atoms. The number of carboxylic acid groups (broad SMARTS) is 1. The van der Waals surface area contributed by atoms with Gasteiger partial charge in [0.15, 0.2) is 0 Å². The van der Waals surface area contributed by atoms with Crippen molar-refractivity contribution in [2.45, 2.75) is 33.1 Å². The second kappa shape index (κ2) is 12.5. The van der Waals surface area contributed by atoms with Crippen LogP contribution in [0.3, 0.4) is 0 Å². The zero-order valence-electron chi connectivity index (χ0n) is 10.6. The summed E-state index contributed by atoms with van der Waals surface area (Å²) in [6.45, 7) is 11.1. The van der Waals surface area contributed by atoms with E-state index in [2.05, 4.69) is 27.0 Å². The zero-order valence-corrected chi connectivity index (χ0v) is 10.6. The predicted molar refractivity (Wildman–Crippen MR) is 67.7 cm³/mol. The van der Waals surface area contributed by atoms with Crippen molar-refractivity contribution in [3.05, 3.63) is 25.3 Å². The molecule has 0 aliphatic rings. The van der Waals surface area contributed by atoms with Crippen molar-refractivity contribution < 1.29 is 19.4 Å². The first kappa shape index (κ1) is 17.8. The number of hydrogen-bond acceptors (Lipinski definition) is 3. The average Bonchev–Trinajstić information content (AvgIpc) is 2.33. The van der Waals surface area contributed by atoms with Crippen LogP contribution in [0.2, 0.25) is 0 Å². The highest BCUT2D eigenvalue weighted by Crippen LogP contribution is 2.07. The molecule has 1 atom stereocenters. The van der Waals surface area contributed by atoms with Crippen molar-refractivity contribution in [1.29, 1.82) is 0 Å². The van der Waals surface area contributed by atoms with Crippen molar-refractivity contribution in [3.63, 3.8) is 0 Å². The Morgan fingerprint density at radius 3 is 2.24 bits per heavy atom. The standard InChI is InChI=1S/C10H18O2.C3H4O2/c1-4-6-7-9(3)8-12-10(11)5-2;1-2-3(4)5/h5,9H,2,4,6-8H2,1,3H3;2H,1H2,(H,4,5). The largest absolute Gasteiger partial charge is 0.478 e. The van der Waals surface area contributed by atoms with Gasteiger partial charge in [0.1, 0.15) is 0 Å². The quantitative estimate of drug-likeness (QED) is 0.550. The first-order valence-corrected chi connectivity index (χ1v) is 5.62. The van der Waals surface area contributed by atoms with Crippen LogP contribution < -0.4 is 0 Å². The lowest BCUT2D eigenvalue weighted by Gasteiger charge is -2.09. The molecule has 17 heavy (non-hydrogen) atoms. The summed E-state index contributed by atoms with van der Waals surface area (Å²) in [5, 5.41) is 7.60. The molecule has 1 N–H and O–H groups in total. The van der Waals surface area contributed by atoms with Crippen LogP contribution in [0, 0.1) is 5.92 Å². The van der Waals surface area contributed by atoms with Gasteiger partial charge < -0.3 is 9.84 Å². The monoisotopic (exact) mass is 242 g/mol. The second-order valence-electron chi connectivity index (χ2n) is 3.62. The Hall–Kier alpha value is -1.58. The maximum absolute atomic E-state index is 10.6. The molecule has 0 aromatic rings. The van der Waals surface area contributed by atoms with Gasteiger partial charge in [-0.2, -0.15) is 0 Å². The molecule has 0 aliphatic heterocycles. The van der Waals surface area contributed by atoms with E-state index in [-0.39, 0.29) is 5.97 Å². The predicted octanol–water partition coefficient (Wildman–Crippen LogP) is 2.80. The summed E-state index contributed by atoms with van der Waals surface area (Å²) < 4.78 is 4.89. The van der Waals surface area contributed by atoms with E-state index in [0.717, 1.165) is 12.5 Å². The summed E-state index contributed by atoms with van der Waals surface area (Å²) in [4.78, 5) is 19.9. The number of esters is 1. The molecular weight excluding hydrogens is 220 g/mol. The van der Waals surface area contributed by atoms with Crippen molar-refractivity contribution in [1.82, 2.24) is 0 Å². The normalized spacial score (nSPS) is 10.5. The molecule has 4 nitrogen and oxygen atoms in total. The highest BCUT2D eigenvalue weighted by Gasteiger charge is 2.03. The Kier molecular flexibility index (Phi) is 13.1. The Morgan fingerprint density at radius 1 is 1.35 bits per heavy atom. The highest BCUT2D eigenvalue weighted by molar-refractivity contribution is 5.81. The van der Waals surface area contributed by atoms with Gasteiger partial charge >= 0.3 is 11.9 Å². The number of carboxylic acids is 1. The molecule has 0 rings (SSSR count). The number of carbonyl (C=O) groups is 2. The van der Waals surface area contributed by atoms with Gasteiger partial charge in [-0.25, -0.2) is 9.59 Å². The third-order valence-electron chi connectivity index (χ3n) is 1.90. The molecule has 0 saturated heterocycles. The minimum Gasteiger partial charge on any atom is -0.478 e. The smallest absolute Gasteiger partial charge is 0.330 e. The van der Waals surface area contributed by atoms with Gasteiger partial charge in [0.05, 0.1) is 6.61 Å². The molecule has 0 radical (unpaired) electrons. The number of rotatable bonds is 7. The van der Waals surface area contributed by atoms with Gasteiger partial charge in [-0.05, 0) is 12.3 Å². The lowest BCUT2D eigenvalue weighted by molar-refractivity contribution is -0.139. The highest BCUT2D eigenvalue weighted by atomic mass is 16.5. The van der Waals surface area contributed by atoms with E-state index in [1.54, 1.807) is 0 Å². The molecule has 0 aromatic carbocycles. The molecule has 1 unspecified atom stereocenters. The maximum atomic E-state index is 10.6. The molecule has 0 aliphatic carbocycles. The van der Waals surface area contributed by atoms with E-state index < -0.39 is 5.97 Å². The maximum Gasteiger partial charge on any atom is 0.330 e. The van der Waals surface area contributed by atoms with Gasteiger partial charge in [0, 0.05) is 12.2 Å². The van der Waals surface area contributed by atoms with Gasteiger partial charge in [-0.3, -0.25) is 0 Å². The first-order valence-electron chi connectivity index (χ1n) is 5.62. The number of unbranched alkanes of at least 4 members (excludes halogenated alkanes) is 1. The van der Waals surface area contributed by atoms with Crippen LogP contribution in [-0.4, -0.2) is 23.7 Å². The van der Waals surface area contributed by atoms with Crippen LogP contribution in [0.1, 0.15) is 33.1 Å². The van der Waals surface area contributed by atoms with Crippen molar-refractivity contribution in [2.75, 3.05) is 6.61 Å². The summed E-state index contributed by atoms with van der Waals surface area (Å²) in [6.07, 6.45) is 5.56. The van der Waals surface area contributed by atoms with Gasteiger partial charge in [-0.1, -0.05) is 39.8 Å². The molecule has 0 heterocycles. The Balaban J connectivity index is 0. The summed E-state index contributed by atoms with van der Waals surface area (Å²) in [5.74, 6) is -0.836. The summed E-state index contributed by atoms with van der Waals surface area (Å²) in [6, 6.07) is 0. The lowest BCUT2D eigenvalue weighted by Crippen LogP contribution is -2.09. The van der Waals surface area contributed by atoms with E-state index in [9.17, 15) is 9.59 Å². The van der Waals surface area contributed by atoms with Crippen LogP contribution in [0.5, 0.6) is 0 Å².